The van der Waals surface area contributed by atoms with Crippen molar-refractivity contribution in [3.63, 3.8) is 0 Å². The molecule has 0 spiro atoms. The number of aryl methyl sites for hydroxylation is 1. The van der Waals surface area contributed by atoms with E-state index in [4.69, 9.17) is 9.26 Å². The van der Waals surface area contributed by atoms with Crippen LogP contribution in [0.1, 0.15) is 24.1 Å². The Hall–Kier alpha value is -3.12. The highest BCUT2D eigenvalue weighted by molar-refractivity contribution is 5.82. The second-order valence-corrected chi connectivity index (χ2v) is 7.38. The first-order valence-electron chi connectivity index (χ1n) is 9.72. The molecule has 29 heavy (non-hydrogen) atoms. The Morgan fingerprint density at radius 3 is 2.10 bits per heavy atom. The fraction of sp³-hybridized carbons (Fsp3) is 0.304. The van der Waals surface area contributed by atoms with Crippen molar-refractivity contribution in [2.45, 2.75) is 25.2 Å². The average molecular weight is 392 g/mol. The van der Waals surface area contributed by atoms with E-state index in [1.807, 2.05) is 62.5 Å². The Kier molecular flexibility index (Phi) is 5.11. The standard InChI is InChI=1S/C23H24N2O4/c1-15-20(24-2)21(29-25-15)18-5-3-16(4-6-18)17-7-9-19(10-8-17)23(22(26)27)11-13-28-14-12-23/h3-10,24H,11-14H2,1-2H3,(H,26,27). The number of rotatable bonds is 5. The van der Waals surface area contributed by atoms with E-state index in [9.17, 15) is 9.90 Å². The van der Waals surface area contributed by atoms with Crippen LogP contribution >= 0.6 is 0 Å². The fourth-order valence-electron chi connectivity index (χ4n) is 4.00. The van der Waals surface area contributed by atoms with Gasteiger partial charge in [-0.25, -0.2) is 0 Å². The SMILES string of the molecule is CNc1c(C)noc1-c1ccc(-c2ccc(C3(C(=O)O)CCOCC3)cc2)cc1. The molecule has 0 unspecified atom stereocenters. The van der Waals surface area contributed by atoms with Crippen LogP contribution in [0.25, 0.3) is 22.5 Å². The van der Waals surface area contributed by atoms with Gasteiger partial charge in [-0.2, -0.15) is 0 Å². The van der Waals surface area contributed by atoms with Gasteiger partial charge in [0.1, 0.15) is 11.4 Å². The highest BCUT2D eigenvalue weighted by Gasteiger charge is 2.41. The molecule has 3 aromatic rings. The third-order valence-corrected chi connectivity index (χ3v) is 5.79. The molecule has 1 fully saturated rings. The number of nitrogens with one attached hydrogen (secondary N) is 1. The quantitative estimate of drug-likeness (QED) is 0.665. The zero-order chi connectivity index (χ0) is 20.4. The molecule has 4 rings (SSSR count). The van der Waals surface area contributed by atoms with Crippen LogP contribution in [0.4, 0.5) is 5.69 Å². The lowest BCUT2D eigenvalue weighted by atomic mass is 9.74. The molecule has 1 saturated heterocycles. The van der Waals surface area contributed by atoms with Gasteiger partial charge in [0.2, 0.25) is 0 Å². The maximum absolute atomic E-state index is 12.0. The fourth-order valence-corrected chi connectivity index (χ4v) is 4.00. The average Bonchev–Trinajstić information content (AvgIpc) is 3.14. The summed E-state index contributed by atoms with van der Waals surface area (Å²) in [6.45, 7) is 2.85. The second-order valence-electron chi connectivity index (χ2n) is 7.38. The largest absolute Gasteiger partial charge is 0.481 e. The first-order chi connectivity index (χ1) is 14.0. The summed E-state index contributed by atoms with van der Waals surface area (Å²) < 4.78 is 10.8. The van der Waals surface area contributed by atoms with Crippen LogP contribution in [0.5, 0.6) is 0 Å². The third kappa shape index (κ3) is 3.40. The Bertz CT molecular complexity index is 1000. The van der Waals surface area contributed by atoms with Gasteiger partial charge in [-0.05, 0) is 36.5 Å². The van der Waals surface area contributed by atoms with E-state index in [-0.39, 0.29) is 0 Å². The van der Waals surface area contributed by atoms with Gasteiger partial charge in [0.15, 0.2) is 5.76 Å². The smallest absolute Gasteiger partial charge is 0.314 e. The Morgan fingerprint density at radius 2 is 1.55 bits per heavy atom. The van der Waals surface area contributed by atoms with Gasteiger partial charge in [0.25, 0.3) is 0 Å². The van der Waals surface area contributed by atoms with Gasteiger partial charge in [0, 0.05) is 25.8 Å². The van der Waals surface area contributed by atoms with Crippen molar-refractivity contribution in [3.05, 3.63) is 59.8 Å². The normalized spacial score (nSPS) is 15.8. The van der Waals surface area contributed by atoms with E-state index < -0.39 is 11.4 Å². The molecule has 0 atom stereocenters. The number of aromatic nitrogens is 1. The van der Waals surface area contributed by atoms with E-state index in [1.54, 1.807) is 0 Å². The number of hydrogen-bond donors (Lipinski definition) is 2. The molecule has 1 aliphatic heterocycles. The number of anilines is 1. The van der Waals surface area contributed by atoms with Crippen molar-refractivity contribution in [2.24, 2.45) is 0 Å². The molecule has 2 aromatic carbocycles. The van der Waals surface area contributed by atoms with Crippen LogP contribution in [0.2, 0.25) is 0 Å². The first-order valence-corrected chi connectivity index (χ1v) is 9.72. The van der Waals surface area contributed by atoms with Crippen molar-refractivity contribution in [2.75, 3.05) is 25.6 Å². The third-order valence-electron chi connectivity index (χ3n) is 5.79. The zero-order valence-electron chi connectivity index (χ0n) is 16.6. The maximum atomic E-state index is 12.0. The van der Waals surface area contributed by atoms with Crippen LogP contribution in [0.3, 0.4) is 0 Å². The molecule has 1 aromatic heterocycles. The number of benzene rings is 2. The number of aliphatic carboxylic acids is 1. The summed E-state index contributed by atoms with van der Waals surface area (Å²) in [5, 5.41) is 17.0. The summed E-state index contributed by atoms with van der Waals surface area (Å²) in [6.07, 6.45) is 1.00. The number of carboxylic acid groups (broad SMARTS) is 1. The van der Waals surface area contributed by atoms with Crippen LogP contribution in [0, 0.1) is 6.92 Å². The van der Waals surface area contributed by atoms with Crippen LogP contribution in [0.15, 0.2) is 53.1 Å². The van der Waals surface area contributed by atoms with Crippen LogP contribution < -0.4 is 5.32 Å². The molecule has 2 heterocycles. The van der Waals surface area contributed by atoms with Gasteiger partial charge in [-0.1, -0.05) is 53.7 Å². The molecule has 0 bridgehead atoms. The summed E-state index contributed by atoms with van der Waals surface area (Å²) in [5.74, 6) is -0.0598. The van der Waals surface area contributed by atoms with Crippen molar-refractivity contribution in [3.8, 4) is 22.5 Å². The minimum atomic E-state index is -0.853. The molecule has 2 N–H and O–H groups in total. The molecule has 0 saturated carbocycles. The van der Waals surface area contributed by atoms with E-state index in [2.05, 4.69) is 10.5 Å². The van der Waals surface area contributed by atoms with Crippen molar-refractivity contribution in [1.29, 1.82) is 0 Å². The molecule has 0 radical (unpaired) electrons. The minimum absolute atomic E-state index is 0.477. The molecule has 6 heteroatoms. The molecule has 0 amide bonds. The van der Waals surface area contributed by atoms with Gasteiger partial charge in [-0.3, -0.25) is 4.79 Å². The number of carboxylic acids is 1. The second kappa shape index (κ2) is 7.72. The highest BCUT2D eigenvalue weighted by atomic mass is 16.5. The Morgan fingerprint density at radius 1 is 1.00 bits per heavy atom. The van der Waals surface area contributed by atoms with Gasteiger partial charge >= 0.3 is 5.97 Å². The summed E-state index contributed by atoms with van der Waals surface area (Å²) >= 11 is 0. The van der Waals surface area contributed by atoms with Gasteiger partial charge in [-0.15, -0.1) is 0 Å². The molecule has 0 aliphatic carbocycles. The molecule has 6 nitrogen and oxygen atoms in total. The van der Waals surface area contributed by atoms with Crippen molar-refractivity contribution < 1.29 is 19.2 Å². The van der Waals surface area contributed by atoms with E-state index >= 15 is 0 Å². The molecule has 1 aliphatic rings. The summed E-state index contributed by atoms with van der Waals surface area (Å²) in [7, 11) is 1.85. The van der Waals surface area contributed by atoms with Crippen LogP contribution in [-0.4, -0.2) is 36.5 Å². The van der Waals surface area contributed by atoms with E-state index in [0.717, 1.165) is 39.4 Å². The van der Waals surface area contributed by atoms with E-state index in [0.29, 0.717) is 26.1 Å². The van der Waals surface area contributed by atoms with Gasteiger partial charge in [0.05, 0.1) is 5.41 Å². The summed E-state index contributed by atoms with van der Waals surface area (Å²) in [6, 6.07) is 15.9. The number of carbonyl (C=O) groups is 1. The predicted molar refractivity (Wildman–Crippen MR) is 111 cm³/mol. The Balaban J connectivity index is 1.60. The first kappa shape index (κ1) is 19.2. The van der Waals surface area contributed by atoms with Gasteiger partial charge < -0.3 is 19.7 Å². The summed E-state index contributed by atoms with van der Waals surface area (Å²) in [4.78, 5) is 12.0. The van der Waals surface area contributed by atoms with Crippen molar-refractivity contribution in [1.82, 2.24) is 5.16 Å². The maximum Gasteiger partial charge on any atom is 0.314 e. The Labute approximate surface area is 169 Å². The van der Waals surface area contributed by atoms with Crippen LogP contribution in [-0.2, 0) is 14.9 Å². The van der Waals surface area contributed by atoms with E-state index in [1.165, 1.54) is 0 Å². The highest BCUT2D eigenvalue weighted by Crippen LogP contribution is 2.37. The number of hydrogen-bond acceptors (Lipinski definition) is 5. The molecular weight excluding hydrogens is 368 g/mol. The predicted octanol–water partition coefficient (Wildman–Crippen LogP) is 4.49. The number of nitrogens with zero attached hydrogens (tertiary/aromatic N) is 1. The molecule has 150 valence electrons. The topological polar surface area (TPSA) is 84.6 Å². The molecular formula is C23H24N2O4. The monoisotopic (exact) mass is 392 g/mol. The lowest BCUT2D eigenvalue weighted by Gasteiger charge is -2.33. The lowest BCUT2D eigenvalue weighted by Crippen LogP contribution is -2.41. The zero-order valence-corrected chi connectivity index (χ0v) is 16.6. The number of ether oxygens (including phenoxy) is 1. The lowest BCUT2D eigenvalue weighted by molar-refractivity contribution is -0.147. The van der Waals surface area contributed by atoms with Crippen molar-refractivity contribution >= 4 is 11.7 Å². The minimum Gasteiger partial charge on any atom is -0.481 e. The summed E-state index contributed by atoms with van der Waals surface area (Å²) in [5.41, 5.74) is 4.73.